The number of carbonyl (C=O) groups is 1. The van der Waals surface area contributed by atoms with Crippen molar-refractivity contribution >= 4 is 40.2 Å². The first kappa shape index (κ1) is 25.2. The molecule has 0 radical (unpaired) electrons. The average Bonchev–Trinajstić information content (AvgIpc) is 2.79. The number of aromatic nitrogens is 2. The van der Waals surface area contributed by atoms with Gasteiger partial charge >= 0.3 is 0 Å². The first-order valence-electron chi connectivity index (χ1n) is 10.9. The van der Waals surface area contributed by atoms with E-state index in [1.807, 2.05) is 18.7 Å². The standard InChI is InChI=1S/C24H26ClF2N3O2S/c1-4-6-11-29(15(3)5-2)22(31)14-33-24-28-20-9-7-16(25)12-18(20)23(32)30(24)21-10-8-17(26)13-19(21)27/h7-10,12-13,15H,4-6,11,14H2,1-3H3/t15-/m0/s1. The van der Waals surface area contributed by atoms with Gasteiger partial charge in [0, 0.05) is 23.7 Å². The van der Waals surface area contributed by atoms with Gasteiger partial charge in [-0.15, -0.1) is 0 Å². The van der Waals surface area contributed by atoms with Gasteiger partial charge in [-0.1, -0.05) is 43.6 Å². The van der Waals surface area contributed by atoms with Crippen LogP contribution in [-0.4, -0.2) is 38.7 Å². The highest BCUT2D eigenvalue weighted by molar-refractivity contribution is 7.99. The Balaban J connectivity index is 2.05. The molecular formula is C24H26ClF2N3O2S. The second-order valence-electron chi connectivity index (χ2n) is 7.78. The van der Waals surface area contributed by atoms with Gasteiger partial charge in [-0.25, -0.2) is 13.8 Å². The van der Waals surface area contributed by atoms with Gasteiger partial charge in [0.15, 0.2) is 5.16 Å². The lowest BCUT2D eigenvalue weighted by molar-refractivity contribution is -0.130. The second-order valence-corrected chi connectivity index (χ2v) is 9.16. The Bertz CT molecular complexity index is 1220. The van der Waals surface area contributed by atoms with Crippen molar-refractivity contribution in [2.45, 2.75) is 51.2 Å². The van der Waals surface area contributed by atoms with E-state index in [1.165, 1.54) is 12.1 Å². The van der Waals surface area contributed by atoms with Crippen LogP contribution in [0.5, 0.6) is 0 Å². The van der Waals surface area contributed by atoms with Crippen molar-refractivity contribution in [1.29, 1.82) is 0 Å². The number of benzene rings is 2. The summed E-state index contributed by atoms with van der Waals surface area (Å²) in [5.74, 6) is -1.72. The Morgan fingerprint density at radius 1 is 1.21 bits per heavy atom. The maximum absolute atomic E-state index is 14.7. The highest BCUT2D eigenvalue weighted by Gasteiger charge is 2.22. The normalized spacial score (nSPS) is 12.2. The Hall–Kier alpha value is -2.45. The minimum Gasteiger partial charge on any atom is -0.339 e. The van der Waals surface area contributed by atoms with Crippen LogP contribution in [0.15, 0.2) is 46.3 Å². The molecule has 3 aromatic rings. The van der Waals surface area contributed by atoms with Crippen LogP contribution in [0.1, 0.15) is 40.0 Å². The molecule has 5 nitrogen and oxygen atoms in total. The lowest BCUT2D eigenvalue weighted by Crippen LogP contribution is -2.40. The zero-order valence-electron chi connectivity index (χ0n) is 18.8. The van der Waals surface area contributed by atoms with Gasteiger partial charge in [-0.05, 0) is 50.1 Å². The first-order valence-corrected chi connectivity index (χ1v) is 12.2. The van der Waals surface area contributed by atoms with Gasteiger partial charge in [0.05, 0.1) is 22.3 Å². The quantitative estimate of drug-likeness (QED) is 0.278. The number of carbonyl (C=O) groups excluding carboxylic acids is 1. The second kappa shape index (κ2) is 11.1. The molecule has 0 aliphatic rings. The molecule has 0 bridgehead atoms. The third-order valence-corrected chi connectivity index (χ3v) is 6.63. The fraction of sp³-hybridized carbons (Fsp3) is 0.375. The van der Waals surface area contributed by atoms with Gasteiger partial charge in [0.1, 0.15) is 11.6 Å². The van der Waals surface area contributed by atoms with Gasteiger partial charge in [-0.2, -0.15) is 0 Å². The lowest BCUT2D eigenvalue weighted by Gasteiger charge is -2.28. The molecule has 0 N–H and O–H groups in total. The van der Waals surface area contributed by atoms with Gasteiger partial charge in [0.2, 0.25) is 5.91 Å². The topological polar surface area (TPSA) is 55.2 Å². The van der Waals surface area contributed by atoms with Crippen LogP contribution in [0.2, 0.25) is 5.02 Å². The van der Waals surface area contributed by atoms with Gasteiger partial charge in [-0.3, -0.25) is 14.2 Å². The molecule has 0 saturated heterocycles. The fourth-order valence-corrected chi connectivity index (χ4v) is 4.52. The van der Waals surface area contributed by atoms with Crippen LogP contribution in [0.3, 0.4) is 0 Å². The van der Waals surface area contributed by atoms with E-state index in [0.717, 1.165) is 41.7 Å². The van der Waals surface area contributed by atoms with Crippen LogP contribution in [0.4, 0.5) is 8.78 Å². The van der Waals surface area contributed by atoms with E-state index in [-0.39, 0.29) is 33.9 Å². The number of amides is 1. The summed E-state index contributed by atoms with van der Waals surface area (Å²) in [5.41, 5.74) is -0.314. The molecule has 0 saturated carbocycles. The van der Waals surface area contributed by atoms with Gasteiger partial charge in [0.25, 0.3) is 5.56 Å². The number of thioether (sulfide) groups is 1. The molecule has 0 aliphatic carbocycles. The minimum atomic E-state index is -0.905. The summed E-state index contributed by atoms with van der Waals surface area (Å²) in [5, 5.41) is 0.683. The van der Waals surface area contributed by atoms with Crippen molar-refractivity contribution in [1.82, 2.24) is 14.5 Å². The predicted molar refractivity (Wildman–Crippen MR) is 129 cm³/mol. The molecule has 33 heavy (non-hydrogen) atoms. The molecule has 0 aliphatic heterocycles. The molecule has 9 heteroatoms. The molecule has 176 valence electrons. The van der Waals surface area contributed by atoms with E-state index in [9.17, 15) is 18.4 Å². The Labute approximate surface area is 200 Å². The fourth-order valence-electron chi connectivity index (χ4n) is 3.46. The van der Waals surface area contributed by atoms with Crippen molar-refractivity contribution in [3.63, 3.8) is 0 Å². The molecule has 1 aromatic heterocycles. The molecule has 1 atom stereocenters. The Morgan fingerprint density at radius 3 is 2.64 bits per heavy atom. The van der Waals surface area contributed by atoms with Crippen molar-refractivity contribution < 1.29 is 13.6 Å². The maximum Gasteiger partial charge on any atom is 0.266 e. The van der Waals surface area contributed by atoms with E-state index in [1.54, 1.807) is 12.1 Å². The zero-order chi connectivity index (χ0) is 24.1. The number of halogens is 3. The first-order chi connectivity index (χ1) is 15.8. The minimum absolute atomic E-state index is 0.0302. The van der Waals surface area contributed by atoms with Crippen molar-refractivity contribution in [3.05, 3.63) is 63.4 Å². The summed E-state index contributed by atoms with van der Waals surface area (Å²) in [6.45, 7) is 6.73. The van der Waals surface area contributed by atoms with Crippen LogP contribution in [-0.2, 0) is 4.79 Å². The Kier molecular flexibility index (Phi) is 8.48. The van der Waals surface area contributed by atoms with Crippen LogP contribution >= 0.6 is 23.4 Å². The molecular weight excluding hydrogens is 468 g/mol. The van der Waals surface area contributed by atoms with Crippen molar-refractivity contribution in [2.24, 2.45) is 0 Å². The lowest BCUT2D eigenvalue weighted by atomic mass is 10.2. The molecule has 0 fully saturated rings. The summed E-state index contributed by atoms with van der Waals surface area (Å²) in [6.07, 6.45) is 2.67. The predicted octanol–water partition coefficient (Wildman–Crippen LogP) is 5.84. The van der Waals surface area contributed by atoms with E-state index in [4.69, 9.17) is 11.6 Å². The highest BCUT2D eigenvalue weighted by Crippen LogP contribution is 2.25. The number of fused-ring (bicyclic) bond motifs is 1. The molecule has 1 heterocycles. The maximum atomic E-state index is 14.7. The largest absolute Gasteiger partial charge is 0.339 e. The number of unbranched alkanes of at least 4 members (excludes halogenated alkanes) is 1. The smallest absolute Gasteiger partial charge is 0.266 e. The van der Waals surface area contributed by atoms with E-state index < -0.39 is 17.2 Å². The molecule has 0 unspecified atom stereocenters. The zero-order valence-corrected chi connectivity index (χ0v) is 20.3. The molecule has 0 spiro atoms. The third-order valence-electron chi connectivity index (χ3n) is 5.47. The number of hydrogen-bond acceptors (Lipinski definition) is 4. The van der Waals surface area contributed by atoms with E-state index in [0.29, 0.717) is 23.2 Å². The summed E-state index contributed by atoms with van der Waals surface area (Å²) in [7, 11) is 0. The van der Waals surface area contributed by atoms with Gasteiger partial charge < -0.3 is 4.90 Å². The van der Waals surface area contributed by atoms with Crippen LogP contribution in [0, 0.1) is 11.6 Å². The van der Waals surface area contributed by atoms with Crippen LogP contribution < -0.4 is 5.56 Å². The summed E-state index contributed by atoms with van der Waals surface area (Å²) < 4.78 is 29.2. The van der Waals surface area contributed by atoms with E-state index >= 15 is 0 Å². The summed E-state index contributed by atoms with van der Waals surface area (Å²) >= 11 is 7.10. The number of rotatable bonds is 9. The molecule has 1 amide bonds. The van der Waals surface area contributed by atoms with Crippen molar-refractivity contribution in [2.75, 3.05) is 12.3 Å². The van der Waals surface area contributed by atoms with E-state index in [2.05, 4.69) is 11.9 Å². The van der Waals surface area contributed by atoms with Crippen molar-refractivity contribution in [3.8, 4) is 5.69 Å². The number of hydrogen-bond donors (Lipinski definition) is 0. The highest BCUT2D eigenvalue weighted by atomic mass is 35.5. The molecule has 3 rings (SSSR count). The third kappa shape index (κ3) is 5.73. The molecule has 2 aromatic carbocycles. The van der Waals surface area contributed by atoms with Crippen LogP contribution in [0.25, 0.3) is 16.6 Å². The summed E-state index contributed by atoms with van der Waals surface area (Å²) in [6, 6.07) is 7.70. The average molecular weight is 494 g/mol. The monoisotopic (exact) mass is 493 g/mol. The Morgan fingerprint density at radius 2 is 1.97 bits per heavy atom. The number of nitrogens with zero attached hydrogens (tertiary/aromatic N) is 3. The SMILES string of the molecule is CCCCN(C(=O)CSc1nc2ccc(Cl)cc2c(=O)n1-c1ccc(F)cc1F)[C@@H](C)CC. The summed E-state index contributed by atoms with van der Waals surface area (Å²) in [4.78, 5) is 32.7.